The van der Waals surface area contributed by atoms with E-state index >= 15 is 0 Å². The van der Waals surface area contributed by atoms with Crippen LogP contribution in [0, 0.1) is 10.1 Å². The van der Waals surface area contributed by atoms with E-state index in [4.69, 9.17) is 0 Å². The number of esters is 1. The monoisotopic (exact) mass is 411 g/mol. The third kappa shape index (κ3) is 5.00. The minimum Gasteiger partial charge on any atom is -0.465 e. The second-order valence-corrected chi connectivity index (χ2v) is 6.10. The Morgan fingerprint density at radius 3 is 2.24 bits per heavy atom. The molecule has 0 bridgehead atoms. The molecule has 0 heterocycles. The molecule has 2 rings (SSSR count). The van der Waals surface area contributed by atoms with Crippen molar-refractivity contribution in [2.75, 3.05) is 31.4 Å². The first-order chi connectivity index (χ1) is 13.4. The highest BCUT2D eigenvalue weighted by Crippen LogP contribution is 2.35. The number of carbonyl (C=O) groups is 2. The van der Waals surface area contributed by atoms with E-state index in [0.717, 1.165) is 37.4 Å². The fourth-order valence-electron chi connectivity index (χ4n) is 2.48. The van der Waals surface area contributed by atoms with Crippen molar-refractivity contribution in [3.63, 3.8) is 0 Å². The molecule has 1 N–H and O–H groups in total. The Labute approximate surface area is 163 Å². The van der Waals surface area contributed by atoms with Gasteiger partial charge in [0, 0.05) is 31.8 Å². The SMILES string of the molecule is COC(=O)c1cc(C(=O)Nc2cc(C(F)(F)F)ccc2N(C)C)cc([N+](=O)[O-])c1. The third-order valence-electron chi connectivity index (χ3n) is 3.87. The average Bonchev–Trinajstić information content (AvgIpc) is 2.65. The zero-order valence-electron chi connectivity index (χ0n) is 15.5. The summed E-state index contributed by atoms with van der Waals surface area (Å²) in [4.78, 5) is 36.1. The van der Waals surface area contributed by atoms with E-state index in [2.05, 4.69) is 10.1 Å². The fourth-order valence-corrected chi connectivity index (χ4v) is 2.48. The van der Waals surface area contributed by atoms with Gasteiger partial charge in [-0.05, 0) is 24.3 Å². The molecule has 154 valence electrons. The fraction of sp³-hybridized carbons (Fsp3) is 0.222. The summed E-state index contributed by atoms with van der Waals surface area (Å²) < 4.78 is 43.6. The van der Waals surface area contributed by atoms with Crippen LogP contribution >= 0.6 is 0 Å². The number of nitro benzene ring substituents is 1. The van der Waals surface area contributed by atoms with Gasteiger partial charge in [-0.15, -0.1) is 0 Å². The van der Waals surface area contributed by atoms with Gasteiger partial charge in [0.1, 0.15) is 0 Å². The first-order valence-corrected chi connectivity index (χ1v) is 8.01. The van der Waals surface area contributed by atoms with Gasteiger partial charge < -0.3 is 15.0 Å². The normalized spacial score (nSPS) is 11.0. The Hall–Kier alpha value is -3.63. The lowest BCUT2D eigenvalue weighted by molar-refractivity contribution is -0.384. The molecule has 0 aliphatic heterocycles. The molecule has 0 radical (unpaired) electrons. The van der Waals surface area contributed by atoms with Gasteiger partial charge in [0.05, 0.1) is 34.5 Å². The molecule has 1 amide bonds. The molecule has 0 fully saturated rings. The molecule has 0 saturated heterocycles. The van der Waals surface area contributed by atoms with E-state index in [-0.39, 0.29) is 22.5 Å². The summed E-state index contributed by atoms with van der Waals surface area (Å²) in [5.74, 6) is -1.84. The van der Waals surface area contributed by atoms with Gasteiger partial charge in [0.25, 0.3) is 11.6 Å². The maximum Gasteiger partial charge on any atom is 0.416 e. The Morgan fingerprint density at radius 2 is 1.72 bits per heavy atom. The van der Waals surface area contributed by atoms with Crippen molar-refractivity contribution in [1.29, 1.82) is 0 Å². The average molecular weight is 411 g/mol. The van der Waals surface area contributed by atoms with Crippen LogP contribution in [0.1, 0.15) is 26.3 Å². The highest BCUT2D eigenvalue weighted by Gasteiger charge is 2.31. The standard InChI is InChI=1S/C18H16F3N3O5/c1-23(2)15-5-4-12(18(19,20)21)9-14(15)22-16(25)10-6-11(17(26)29-3)8-13(7-10)24(27)28/h4-9H,1-3H3,(H,22,25). The zero-order chi connectivity index (χ0) is 21.9. The number of alkyl halides is 3. The van der Waals surface area contributed by atoms with Crippen molar-refractivity contribution in [2.45, 2.75) is 6.18 Å². The number of hydrogen-bond donors (Lipinski definition) is 1. The van der Waals surface area contributed by atoms with E-state index in [1.165, 1.54) is 11.0 Å². The Bertz CT molecular complexity index is 974. The smallest absolute Gasteiger partial charge is 0.416 e. The summed E-state index contributed by atoms with van der Waals surface area (Å²) in [6.45, 7) is 0. The number of hydrogen-bond acceptors (Lipinski definition) is 6. The molecule has 0 aromatic heterocycles. The van der Waals surface area contributed by atoms with Crippen LogP contribution in [-0.4, -0.2) is 38.0 Å². The van der Waals surface area contributed by atoms with Gasteiger partial charge in [0.2, 0.25) is 0 Å². The van der Waals surface area contributed by atoms with Crippen molar-refractivity contribution in [2.24, 2.45) is 0 Å². The summed E-state index contributed by atoms with van der Waals surface area (Å²) in [7, 11) is 4.20. The third-order valence-corrected chi connectivity index (χ3v) is 3.87. The van der Waals surface area contributed by atoms with Gasteiger partial charge in [-0.25, -0.2) is 4.79 Å². The predicted octanol–water partition coefficient (Wildman–Crippen LogP) is 3.72. The number of rotatable bonds is 5. The minimum absolute atomic E-state index is 0.152. The van der Waals surface area contributed by atoms with Gasteiger partial charge >= 0.3 is 12.1 Å². The lowest BCUT2D eigenvalue weighted by Crippen LogP contribution is -2.18. The Balaban J connectivity index is 2.50. The number of carbonyl (C=O) groups excluding carboxylic acids is 2. The summed E-state index contributed by atoms with van der Waals surface area (Å²) in [5, 5.41) is 13.4. The largest absolute Gasteiger partial charge is 0.465 e. The van der Waals surface area contributed by atoms with Crippen molar-refractivity contribution in [3.05, 3.63) is 63.2 Å². The molecule has 0 aliphatic rings. The molecule has 2 aromatic carbocycles. The van der Waals surface area contributed by atoms with Crippen LogP contribution in [0.3, 0.4) is 0 Å². The van der Waals surface area contributed by atoms with E-state index in [9.17, 15) is 32.9 Å². The molecule has 0 atom stereocenters. The number of halogens is 3. The van der Waals surface area contributed by atoms with Crippen LogP contribution < -0.4 is 10.2 Å². The van der Waals surface area contributed by atoms with Crippen LogP contribution in [0.4, 0.5) is 30.2 Å². The zero-order valence-corrected chi connectivity index (χ0v) is 15.5. The molecule has 0 saturated carbocycles. The molecule has 11 heteroatoms. The minimum atomic E-state index is -4.63. The van der Waals surface area contributed by atoms with E-state index in [1.807, 2.05) is 0 Å². The lowest BCUT2D eigenvalue weighted by atomic mass is 10.1. The van der Waals surface area contributed by atoms with Gasteiger partial charge in [-0.1, -0.05) is 0 Å². The summed E-state index contributed by atoms with van der Waals surface area (Å²) in [6.07, 6.45) is -4.63. The number of benzene rings is 2. The Morgan fingerprint density at radius 1 is 1.10 bits per heavy atom. The van der Waals surface area contributed by atoms with E-state index in [0.29, 0.717) is 0 Å². The highest BCUT2D eigenvalue weighted by molar-refractivity contribution is 6.07. The van der Waals surface area contributed by atoms with Crippen LogP contribution in [0.25, 0.3) is 0 Å². The number of non-ortho nitro benzene ring substituents is 1. The molecule has 2 aromatic rings. The number of nitrogens with zero attached hydrogens (tertiary/aromatic N) is 2. The lowest BCUT2D eigenvalue weighted by Gasteiger charge is -2.20. The number of nitro groups is 1. The predicted molar refractivity (Wildman–Crippen MR) is 98.2 cm³/mol. The number of methoxy groups -OCH3 is 1. The van der Waals surface area contributed by atoms with Gasteiger partial charge in [-0.3, -0.25) is 14.9 Å². The van der Waals surface area contributed by atoms with Crippen LogP contribution in [0.15, 0.2) is 36.4 Å². The van der Waals surface area contributed by atoms with Crippen molar-refractivity contribution in [3.8, 4) is 0 Å². The molecule has 29 heavy (non-hydrogen) atoms. The van der Waals surface area contributed by atoms with Gasteiger partial charge in [0.15, 0.2) is 0 Å². The van der Waals surface area contributed by atoms with Crippen LogP contribution in [0.5, 0.6) is 0 Å². The highest BCUT2D eigenvalue weighted by atomic mass is 19.4. The molecule has 8 nitrogen and oxygen atoms in total. The molecular formula is C18H16F3N3O5. The molecular weight excluding hydrogens is 395 g/mol. The maximum atomic E-state index is 13.0. The first-order valence-electron chi connectivity index (χ1n) is 8.01. The Kier molecular flexibility index (Phi) is 6.10. The number of amides is 1. The van der Waals surface area contributed by atoms with E-state index < -0.39 is 34.2 Å². The summed E-state index contributed by atoms with van der Waals surface area (Å²) >= 11 is 0. The van der Waals surface area contributed by atoms with Gasteiger partial charge in [-0.2, -0.15) is 13.2 Å². The maximum absolute atomic E-state index is 13.0. The first kappa shape index (κ1) is 21.7. The van der Waals surface area contributed by atoms with E-state index in [1.54, 1.807) is 14.1 Å². The molecule has 0 aliphatic carbocycles. The second-order valence-electron chi connectivity index (χ2n) is 6.10. The topological polar surface area (TPSA) is 102 Å². The van der Waals surface area contributed by atoms with Crippen LogP contribution in [-0.2, 0) is 10.9 Å². The second kappa shape index (κ2) is 8.17. The van der Waals surface area contributed by atoms with Crippen LogP contribution in [0.2, 0.25) is 0 Å². The summed E-state index contributed by atoms with van der Waals surface area (Å²) in [5.41, 5.74) is -1.93. The van der Waals surface area contributed by atoms with Crippen molar-refractivity contribution in [1.82, 2.24) is 0 Å². The van der Waals surface area contributed by atoms with Crippen molar-refractivity contribution >= 4 is 28.9 Å². The quantitative estimate of drug-likeness (QED) is 0.457. The molecule has 0 unspecified atom stereocenters. The number of ether oxygens (including phenoxy) is 1. The number of anilines is 2. The number of nitrogens with one attached hydrogen (secondary N) is 1. The van der Waals surface area contributed by atoms with Crippen molar-refractivity contribution < 1.29 is 32.4 Å². The molecule has 0 spiro atoms. The summed E-state index contributed by atoms with van der Waals surface area (Å²) in [6, 6.07) is 5.70.